The standard InChI is InChI=1S/C12H14N2O5S/c13-5-8(17)6-1-2-7(16)10-11(6)20-12(14-10)19-9(18)3-4-15/h1-2,4,8,12,14,16-17H,3,5,13H2/t8-,12?/m0/s1. The molecule has 20 heavy (non-hydrogen) atoms. The zero-order valence-electron chi connectivity index (χ0n) is 10.4. The Morgan fingerprint density at radius 3 is 3.00 bits per heavy atom. The number of aliphatic hydroxyl groups excluding tert-OH is 1. The first-order valence-electron chi connectivity index (χ1n) is 5.87. The molecular weight excluding hydrogens is 284 g/mol. The molecule has 1 aromatic rings. The van der Waals surface area contributed by atoms with Crippen LogP contribution in [0.25, 0.3) is 0 Å². The van der Waals surface area contributed by atoms with Crippen LogP contribution in [0.2, 0.25) is 0 Å². The third kappa shape index (κ3) is 2.87. The maximum Gasteiger partial charge on any atom is 0.315 e. The summed E-state index contributed by atoms with van der Waals surface area (Å²) < 4.78 is 5.02. The molecule has 0 spiro atoms. The number of benzene rings is 1. The molecule has 8 heteroatoms. The maximum absolute atomic E-state index is 11.3. The summed E-state index contributed by atoms with van der Waals surface area (Å²) in [6, 6.07) is 2.99. The molecule has 108 valence electrons. The maximum atomic E-state index is 11.3. The van der Waals surface area contributed by atoms with Crippen molar-refractivity contribution in [2.75, 3.05) is 11.9 Å². The lowest BCUT2D eigenvalue weighted by atomic mass is 10.1. The fraction of sp³-hybridized carbons (Fsp3) is 0.333. The zero-order chi connectivity index (χ0) is 14.7. The van der Waals surface area contributed by atoms with Crippen molar-refractivity contribution in [1.82, 2.24) is 0 Å². The van der Waals surface area contributed by atoms with E-state index in [0.29, 0.717) is 22.4 Å². The second-order valence-electron chi connectivity index (χ2n) is 4.08. The van der Waals surface area contributed by atoms with Crippen LogP contribution >= 0.6 is 11.8 Å². The van der Waals surface area contributed by atoms with Gasteiger partial charge in [-0.2, -0.15) is 0 Å². The number of fused-ring (bicyclic) bond motifs is 1. The number of phenolic OH excluding ortho intramolecular Hbond substituents is 1. The van der Waals surface area contributed by atoms with E-state index in [1.54, 1.807) is 6.07 Å². The number of anilines is 1. The molecule has 0 amide bonds. The van der Waals surface area contributed by atoms with Crippen molar-refractivity contribution in [3.8, 4) is 5.75 Å². The van der Waals surface area contributed by atoms with E-state index in [0.717, 1.165) is 11.8 Å². The topological polar surface area (TPSA) is 122 Å². The second-order valence-corrected chi connectivity index (χ2v) is 5.16. The van der Waals surface area contributed by atoms with Gasteiger partial charge >= 0.3 is 5.97 Å². The number of hydrogen-bond acceptors (Lipinski definition) is 8. The van der Waals surface area contributed by atoms with Gasteiger partial charge in [0.15, 0.2) is 0 Å². The third-order valence-electron chi connectivity index (χ3n) is 2.72. The molecule has 0 aromatic heterocycles. The monoisotopic (exact) mass is 298 g/mol. The van der Waals surface area contributed by atoms with E-state index in [9.17, 15) is 19.8 Å². The van der Waals surface area contributed by atoms with Gasteiger partial charge in [-0.3, -0.25) is 4.79 Å². The molecule has 5 N–H and O–H groups in total. The van der Waals surface area contributed by atoms with Gasteiger partial charge in [0.2, 0.25) is 5.56 Å². The van der Waals surface area contributed by atoms with Gasteiger partial charge in [-0.15, -0.1) is 0 Å². The molecule has 1 aliphatic rings. The van der Waals surface area contributed by atoms with Crippen molar-refractivity contribution in [3.63, 3.8) is 0 Å². The number of carbonyl (C=O) groups excluding carboxylic acids is 2. The lowest BCUT2D eigenvalue weighted by Crippen LogP contribution is -2.19. The number of thioether (sulfide) groups is 1. The summed E-state index contributed by atoms with van der Waals surface area (Å²) in [4.78, 5) is 22.1. The number of hydrogen-bond donors (Lipinski definition) is 4. The van der Waals surface area contributed by atoms with E-state index in [1.165, 1.54) is 6.07 Å². The Balaban J connectivity index is 2.20. The van der Waals surface area contributed by atoms with Crippen molar-refractivity contribution in [1.29, 1.82) is 0 Å². The molecule has 1 aromatic carbocycles. The van der Waals surface area contributed by atoms with Crippen LogP contribution in [-0.2, 0) is 14.3 Å². The number of esters is 1. The van der Waals surface area contributed by atoms with Gasteiger partial charge in [-0.1, -0.05) is 17.8 Å². The Hall–Kier alpha value is -1.77. The van der Waals surface area contributed by atoms with Crippen LogP contribution in [0.5, 0.6) is 5.75 Å². The fourth-order valence-electron chi connectivity index (χ4n) is 1.79. The fourth-order valence-corrected chi connectivity index (χ4v) is 2.96. The van der Waals surface area contributed by atoms with Crippen LogP contribution in [-0.4, -0.2) is 34.6 Å². The summed E-state index contributed by atoms with van der Waals surface area (Å²) in [5.74, 6) is -0.687. The molecule has 0 radical (unpaired) electrons. The average molecular weight is 298 g/mol. The first-order valence-corrected chi connectivity index (χ1v) is 6.75. The number of aromatic hydroxyl groups is 1. The summed E-state index contributed by atoms with van der Waals surface area (Å²) in [6.07, 6.45) is -0.752. The first kappa shape index (κ1) is 14.6. The van der Waals surface area contributed by atoms with Gasteiger partial charge in [0.05, 0.1) is 11.8 Å². The number of ether oxygens (including phenoxy) is 1. The summed E-state index contributed by atoms with van der Waals surface area (Å²) >= 11 is 1.13. The molecule has 1 aliphatic heterocycles. The van der Waals surface area contributed by atoms with E-state index in [2.05, 4.69) is 5.32 Å². The van der Waals surface area contributed by atoms with Crippen LogP contribution < -0.4 is 11.1 Å². The van der Waals surface area contributed by atoms with Crippen molar-refractivity contribution in [2.45, 2.75) is 23.0 Å². The number of nitrogens with two attached hydrogens (primary N) is 1. The van der Waals surface area contributed by atoms with Gasteiger partial charge < -0.3 is 30.8 Å². The first-order chi connectivity index (χ1) is 9.56. The van der Waals surface area contributed by atoms with Crippen molar-refractivity contribution in [2.24, 2.45) is 5.73 Å². The number of rotatable bonds is 5. The summed E-state index contributed by atoms with van der Waals surface area (Å²) in [5.41, 5.74) is 5.60. The molecule has 0 aliphatic carbocycles. The Labute approximate surface area is 119 Å². The highest BCUT2D eigenvalue weighted by atomic mass is 32.2. The van der Waals surface area contributed by atoms with Crippen molar-refractivity contribution in [3.05, 3.63) is 17.7 Å². The SMILES string of the molecule is NC[C@H](O)c1ccc(O)c2c1SC(OC(=O)CC=O)N2. The lowest BCUT2D eigenvalue weighted by molar-refractivity contribution is -0.144. The quantitative estimate of drug-likeness (QED) is 0.265. The number of aldehydes is 1. The van der Waals surface area contributed by atoms with Gasteiger partial charge in [-0.05, 0) is 11.6 Å². The normalized spacial score (nSPS) is 18.0. The highest BCUT2D eigenvalue weighted by Gasteiger charge is 2.30. The molecule has 7 nitrogen and oxygen atoms in total. The van der Waals surface area contributed by atoms with E-state index < -0.39 is 17.6 Å². The Bertz CT molecular complexity index is 537. The number of nitrogens with one attached hydrogen (secondary N) is 1. The Morgan fingerprint density at radius 2 is 2.35 bits per heavy atom. The molecule has 2 rings (SSSR count). The van der Waals surface area contributed by atoms with Crippen LogP contribution in [0.3, 0.4) is 0 Å². The summed E-state index contributed by atoms with van der Waals surface area (Å²) in [6.45, 7) is 0.0351. The summed E-state index contributed by atoms with van der Waals surface area (Å²) in [7, 11) is 0. The predicted molar refractivity (Wildman–Crippen MR) is 72.2 cm³/mol. The van der Waals surface area contributed by atoms with Crippen molar-refractivity contribution >= 4 is 29.7 Å². The van der Waals surface area contributed by atoms with Crippen LogP contribution in [0.1, 0.15) is 18.1 Å². The molecular formula is C12H14N2O5S. The molecule has 0 saturated carbocycles. The van der Waals surface area contributed by atoms with Gasteiger partial charge in [0.25, 0.3) is 0 Å². The van der Waals surface area contributed by atoms with E-state index in [1.807, 2.05) is 0 Å². The van der Waals surface area contributed by atoms with E-state index in [-0.39, 0.29) is 18.7 Å². The molecule has 1 heterocycles. The highest BCUT2D eigenvalue weighted by molar-refractivity contribution is 8.00. The molecule has 1 unspecified atom stereocenters. The number of aliphatic hydroxyl groups is 1. The summed E-state index contributed by atoms with van der Waals surface area (Å²) in [5, 5.41) is 22.4. The minimum Gasteiger partial charge on any atom is -0.506 e. The minimum absolute atomic E-state index is 0.0191. The van der Waals surface area contributed by atoms with E-state index in [4.69, 9.17) is 10.5 Å². The lowest BCUT2D eigenvalue weighted by Gasteiger charge is -2.12. The van der Waals surface area contributed by atoms with E-state index >= 15 is 0 Å². The van der Waals surface area contributed by atoms with Crippen LogP contribution in [0.4, 0.5) is 5.69 Å². The Kier molecular flexibility index (Phi) is 4.48. The predicted octanol–water partition coefficient (Wildman–Crippen LogP) is 0.318. The molecule has 2 atom stereocenters. The largest absolute Gasteiger partial charge is 0.506 e. The minimum atomic E-state index is -0.872. The zero-order valence-corrected chi connectivity index (χ0v) is 11.2. The van der Waals surface area contributed by atoms with Gasteiger partial charge in [0.1, 0.15) is 18.5 Å². The molecule has 0 fully saturated rings. The number of carbonyl (C=O) groups is 2. The van der Waals surface area contributed by atoms with Crippen LogP contribution in [0.15, 0.2) is 17.0 Å². The third-order valence-corrected chi connectivity index (χ3v) is 3.83. The Morgan fingerprint density at radius 1 is 1.60 bits per heavy atom. The van der Waals surface area contributed by atoms with Crippen LogP contribution in [0, 0.1) is 0 Å². The van der Waals surface area contributed by atoms with Gasteiger partial charge in [0, 0.05) is 11.4 Å². The molecule has 0 saturated heterocycles. The molecule has 0 bridgehead atoms. The van der Waals surface area contributed by atoms with Gasteiger partial charge in [-0.25, -0.2) is 0 Å². The smallest absolute Gasteiger partial charge is 0.315 e. The van der Waals surface area contributed by atoms with Crippen molar-refractivity contribution < 1.29 is 24.5 Å². The number of phenols is 1. The highest BCUT2D eigenvalue weighted by Crippen LogP contribution is 2.47. The average Bonchev–Trinajstić information content (AvgIpc) is 2.83. The second kappa shape index (κ2) is 6.12.